The van der Waals surface area contributed by atoms with Crippen LogP contribution < -0.4 is 0 Å². The highest BCUT2D eigenvalue weighted by atomic mass is 32.1. The molecule has 0 saturated carbocycles. The molecule has 0 bridgehead atoms. The predicted molar refractivity (Wildman–Crippen MR) is 200 cm³/mol. The van der Waals surface area contributed by atoms with Crippen molar-refractivity contribution >= 4 is 70.3 Å². The number of hydrogen-bond donors (Lipinski definition) is 0. The number of benzene rings is 7. The number of rotatable bonds is 6. The molecule has 3 heteroatoms. The van der Waals surface area contributed by atoms with E-state index in [0.717, 1.165) is 41.2 Å². The monoisotopic (exact) mass is 608 g/mol. The lowest BCUT2D eigenvalue weighted by Gasteiger charge is -2.10. The summed E-state index contributed by atoms with van der Waals surface area (Å²) in [6, 6.07) is 54.1. The Hall–Kier alpha value is -5.38. The largest absolute Gasteiger partial charge is 0.233 e. The van der Waals surface area contributed by atoms with Crippen LogP contribution in [-0.4, -0.2) is 11.5 Å². The topological polar surface area (TPSA) is 24.7 Å². The molecule has 0 aliphatic rings. The molecule has 0 aliphatic carbocycles. The Bertz CT molecular complexity index is 2410. The number of amidine groups is 1. The maximum absolute atomic E-state index is 5.27. The molecule has 46 heavy (non-hydrogen) atoms. The third-order valence-electron chi connectivity index (χ3n) is 8.62. The maximum atomic E-state index is 5.27. The molecular formula is C43H32N2S. The first-order valence-electron chi connectivity index (χ1n) is 15.9. The molecule has 0 spiro atoms. The number of thiophene rings is 1. The first-order valence-corrected chi connectivity index (χ1v) is 16.7. The standard InChI is InChI=1S/C43H32N2S/c1-2-10-40(31-20-17-30(18-21-31)36-22-19-29-11-6-7-14-33(29)25-36)45-43(32-12-4-3-5-13-32)44-37-23-24-38-39-26-34-15-8-9-16-35(34)27-41(39)46-42(38)28-37/h3-9,11-28H,2,10H2,1H3/b44-43-,45-40+. The molecule has 7 aromatic carbocycles. The number of nitrogens with zero attached hydrogens (tertiary/aromatic N) is 2. The Balaban J connectivity index is 1.18. The van der Waals surface area contributed by atoms with Gasteiger partial charge in [-0.05, 0) is 75.0 Å². The van der Waals surface area contributed by atoms with E-state index in [4.69, 9.17) is 9.98 Å². The summed E-state index contributed by atoms with van der Waals surface area (Å²) in [4.78, 5) is 10.5. The van der Waals surface area contributed by atoms with E-state index in [0.29, 0.717) is 0 Å². The lowest BCUT2D eigenvalue weighted by molar-refractivity contribution is 0.993. The van der Waals surface area contributed by atoms with Gasteiger partial charge in [0.2, 0.25) is 0 Å². The quantitative estimate of drug-likeness (QED) is 0.133. The fourth-order valence-corrected chi connectivity index (χ4v) is 7.41. The summed E-state index contributed by atoms with van der Waals surface area (Å²) in [5, 5.41) is 7.62. The Labute approximate surface area is 273 Å². The molecule has 0 aliphatic heterocycles. The van der Waals surface area contributed by atoms with E-state index in [1.165, 1.54) is 52.8 Å². The lowest BCUT2D eigenvalue weighted by atomic mass is 9.98. The second-order valence-corrected chi connectivity index (χ2v) is 12.8. The molecule has 1 aromatic heterocycles. The van der Waals surface area contributed by atoms with Gasteiger partial charge in [0.15, 0.2) is 5.84 Å². The van der Waals surface area contributed by atoms with E-state index in [9.17, 15) is 0 Å². The summed E-state index contributed by atoms with van der Waals surface area (Å²) >= 11 is 1.83. The van der Waals surface area contributed by atoms with Gasteiger partial charge in [-0.3, -0.25) is 0 Å². The molecule has 0 unspecified atom stereocenters. The number of fused-ring (bicyclic) bond motifs is 5. The highest BCUT2D eigenvalue weighted by Gasteiger charge is 2.11. The van der Waals surface area contributed by atoms with Crippen molar-refractivity contribution in [1.29, 1.82) is 0 Å². The molecule has 0 radical (unpaired) electrons. The van der Waals surface area contributed by atoms with Gasteiger partial charge in [0.1, 0.15) is 0 Å². The third-order valence-corrected chi connectivity index (χ3v) is 9.73. The first kappa shape index (κ1) is 28.1. The van der Waals surface area contributed by atoms with Crippen molar-refractivity contribution in [2.75, 3.05) is 0 Å². The Morgan fingerprint density at radius 3 is 1.93 bits per heavy atom. The van der Waals surface area contributed by atoms with Gasteiger partial charge >= 0.3 is 0 Å². The van der Waals surface area contributed by atoms with Gasteiger partial charge < -0.3 is 0 Å². The summed E-state index contributed by atoms with van der Waals surface area (Å²) < 4.78 is 2.54. The number of hydrogen-bond acceptors (Lipinski definition) is 2. The summed E-state index contributed by atoms with van der Waals surface area (Å²) in [5.74, 6) is 0.730. The highest BCUT2D eigenvalue weighted by Crippen LogP contribution is 2.38. The van der Waals surface area contributed by atoms with Crippen LogP contribution in [0.4, 0.5) is 5.69 Å². The Kier molecular flexibility index (Phi) is 7.45. The first-order chi connectivity index (χ1) is 22.7. The maximum Gasteiger partial charge on any atom is 0.160 e. The zero-order valence-electron chi connectivity index (χ0n) is 25.7. The van der Waals surface area contributed by atoms with Crippen LogP contribution in [0.25, 0.3) is 52.8 Å². The molecule has 1 heterocycles. The van der Waals surface area contributed by atoms with Crippen LogP contribution in [-0.2, 0) is 0 Å². The van der Waals surface area contributed by atoms with Gasteiger partial charge in [-0.2, -0.15) is 0 Å². The summed E-state index contributed by atoms with van der Waals surface area (Å²) in [7, 11) is 0. The van der Waals surface area contributed by atoms with E-state index in [2.05, 4.69) is 153 Å². The molecule has 0 atom stereocenters. The minimum Gasteiger partial charge on any atom is -0.233 e. The molecule has 8 rings (SSSR count). The molecule has 0 amide bonds. The lowest BCUT2D eigenvalue weighted by Crippen LogP contribution is -2.07. The molecule has 0 fully saturated rings. The SMILES string of the molecule is CCC/C(=N\C(=N/c1ccc2c(c1)sc1cc3ccccc3cc12)c1ccccc1)c1ccc(-c2ccc3ccccc3c2)cc1. The van der Waals surface area contributed by atoms with Crippen molar-refractivity contribution in [3.63, 3.8) is 0 Å². The van der Waals surface area contributed by atoms with E-state index >= 15 is 0 Å². The minimum atomic E-state index is 0.730. The Morgan fingerprint density at radius 1 is 0.522 bits per heavy atom. The summed E-state index contributed by atoms with van der Waals surface area (Å²) in [6.07, 6.45) is 1.86. The molecular weight excluding hydrogens is 577 g/mol. The second kappa shape index (κ2) is 12.2. The molecule has 220 valence electrons. The molecule has 8 aromatic rings. The van der Waals surface area contributed by atoms with Crippen LogP contribution in [0.5, 0.6) is 0 Å². The van der Waals surface area contributed by atoms with E-state index in [-0.39, 0.29) is 0 Å². The number of aliphatic imine (C=N–C) groups is 2. The summed E-state index contributed by atoms with van der Waals surface area (Å²) in [6.45, 7) is 2.21. The van der Waals surface area contributed by atoms with Gasteiger partial charge in [0.05, 0.1) is 11.4 Å². The van der Waals surface area contributed by atoms with Crippen LogP contribution in [0, 0.1) is 0 Å². The van der Waals surface area contributed by atoms with Crippen molar-refractivity contribution in [3.8, 4) is 11.1 Å². The zero-order valence-corrected chi connectivity index (χ0v) is 26.5. The van der Waals surface area contributed by atoms with Gasteiger partial charge in [0.25, 0.3) is 0 Å². The second-order valence-electron chi connectivity index (χ2n) is 11.7. The van der Waals surface area contributed by atoms with E-state index < -0.39 is 0 Å². The van der Waals surface area contributed by atoms with Crippen molar-refractivity contribution in [3.05, 3.63) is 163 Å². The van der Waals surface area contributed by atoms with Crippen LogP contribution in [0.1, 0.15) is 30.9 Å². The van der Waals surface area contributed by atoms with Crippen molar-refractivity contribution in [2.24, 2.45) is 9.98 Å². The fourth-order valence-electron chi connectivity index (χ4n) is 6.24. The predicted octanol–water partition coefficient (Wildman–Crippen LogP) is 12.4. The molecule has 0 saturated heterocycles. The summed E-state index contributed by atoms with van der Waals surface area (Å²) in [5.41, 5.74) is 6.51. The highest BCUT2D eigenvalue weighted by molar-refractivity contribution is 7.25. The van der Waals surface area contributed by atoms with Crippen LogP contribution in [0.3, 0.4) is 0 Å². The normalized spacial score (nSPS) is 12.5. The van der Waals surface area contributed by atoms with Gasteiger partial charge in [-0.1, -0.05) is 135 Å². The zero-order chi connectivity index (χ0) is 30.9. The van der Waals surface area contributed by atoms with E-state index in [1.807, 2.05) is 17.4 Å². The smallest absolute Gasteiger partial charge is 0.160 e. The van der Waals surface area contributed by atoms with E-state index in [1.54, 1.807) is 0 Å². The third kappa shape index (κ3) is 5.51. The van der Waals surface area contributed by atoms with Gasteiger partial charge in [0, 0.05) is 25.7 Å². The van der Waals surface area contributed by atoms with Crippen molar-refractivity contribution in [1.82, 2.24) is 0 Å². The van der Waals surface area contributed by atoms with Crippen molar-refractivity contribution in [2.45, 2.75) is 19.8 Å². The average Bonchev–Trinajstić information content (AvgIpc) is 3.46. The van der Waals surface area contributed by atoms with Crippen molar-refractivity contribution < 1.29 is 0 Å². The Morgan fingerprint density at radius 2 is 1.17 bits per heavy atom. The van der Waals surface area contributed by atoms with Gasteiger partial charge in [-0.25, -0.2) is 9.98 Å². The molecule has 2 nitrogen and oxygen atoms in total. The van der Waals surface area contributed by atoms with Gasteiger partial charge in [-0.15, -0.1) is 11.3 Å². The van der Waals surface area contributed by atoms with Crippen LogP contribution in [0.2, 0.25) is 0 Å². The average molecular weight is 609 g/mol. The van der Waals surface area contributed by atoms with Crippen LogP contribution in [0.15, 0.2) is 162 Å². The fraction of sp³-hybridized carbons (Fsp3) is 0.0698. The molecule has 0 N–H and O–H groups in total. The van der Waals surface area contributed by atoms with Crippen LogP contribution >= 0.6 is 11.3 Å². The minimum absolute atomic E-state index is 0.730.